The van der Waals surface area contributed by atoms with Gasteiger partial charge in [0.05, 0.1) is 11.9 Å². The molecule has 0 aliphatic rings. The second-order valence-electron chi connectivity index (χ2n) is 4.96. The summed E-state index contributed by atoms with van der Waals surface area (Å²) in [6.07, 6.45) is 1.73. The van der Waals surface area contributed by atoms with Crippen molar-refractivity contribution >= 4 is 11.6 Å². The first-order valence-corrected chi connectivity index (χ1v) is 5.74. The monoisotopic (exact) mass is 251 g/mol. The van der Waals surface area contributed by atoms with E-state index in [1.54, 1.807) is 30.5 Å². The van der Waals surface area contributed by atoms with Crippen LogP contribution < -0.4 is 5.76 Å². The Morgan fingerprint density at radius 1 is 1.18 bits per heavy atom. The second kappa shape index (κ2) is 4.08. The normalized spacial score (nSPS) is 11.8. The third-order valence-electron chi connectivity index (χ3n) is 2.48. The van der Waals surface area contributed by atoms with Gasteiger partial charge in [0.1, 0.15) is 5.76 Å². The standard InChI is InChI=1S/C13H14ClNO2/c1-13(2,3)11-8-15(12(16)17-11)10-6-4-9(14)5-7-10/h4-8H,1-3H3. The zero-order chi connectivity index (χ0) is 12.6. The lowest BCUT2D eigenvalue weighted by molar-refractivity contribution is 0.385. The van der Waals surface area contributed by atoms with Crippen molar-refractivity contribution in [3.8, 4) is 5.69 Å². The van der Waals surface area contributed by atoms with Gasteiger partial charge in [-0.2, -0.15) is 0 Å². The Hall–Kier alpha value is -1.48. The average molecular weight is 252 g/mol. The van der Waals surface area contributed by atoms with Gasteiger partial charge in [0.15, 0.2) is 0 Å². The molecule has 1 heterocycles. The molecule has 0 amide bonds. The Morgan fingerprint density at radius 2 is 1.76 bits per heavy atom. The minimum atomic E-state index is -0.378. The summed E-state index contributed by atoms with van der Waals surface area (Å²) in [6.45, 7) is 5.99. The van der Waals surface area contributed by atoms with Gasteiger partial charge in [-0.05, 0) is 24.3 Å². The van der Waals surface area contributed by atoms with E-state index in [-0.39, 0.29) is 11.2 Å². The van der Waals surface area contributed by atoms with Crippen LogP contribution in [0.3, 0.4) is 0 Å². The topological polar surface area (TPSA) is 35.1 Å². The van der Waals surface area contributed by atoms with Crippen LogP contribution in [-0.4, -0.2) is 4.57 Å². The molecule has 0 aliphatic carbocycles. The summed E-state index contributed by atoms with van der Waals surface area (Å²) in [6, 6.07) is 7.05. The van der Waals surface area contributed by atoms with E-state index in [0.29, 0.717) is 10.8 Å². The third kappa shape index (κ3) is 2.44. The molecule has 0 spiro atoms. The lowest BCUT2D eigenvalue weighted by Gasteiger charge is -2.12. The molecule has 0 saturated heterocycles. The van der Waals surface area contributed by atoms with Gasteiger partial charge in [-0.25, -0.2) is 9.36 Å². The molecule has 0 atom stereocenters. The summed E-state index contributed by atoms with van der Waals surface area (Å²) in [5.74, 6) is 0.287. The van der Waals surface area contributed by atoms with Crippen LogP contribution in [0.15, 0.2) is 39.7 Å². The molecule has 0 saturated carbocycles. The quantitative estimate of drug-likeness (QED) is 0.779. The molecule has 0 fully saturated rings. The number of halogens is 1. The highest BCUT2D eigenvalue weighted by atomic mass is 35.5. The van der Waals surface area contributed by atoms with Crippen LogP contribution in [-0.2, 0) is 5.41 Å². The molecule has 1 aromatic carbocycles. The molecule has 2 rings (SSSR count). The highest BCUT2D eigenvalue weighted by Gasteiger charge is 2.20. The molecule has 90 valence electrons. The number of benzene rings is 1. The van der Waals surface area contributed by atoms with E-state index in [2.05, 4.69) is 0 Å². The first-order valence-electron chi connectivity index (χ1n) is 5.37. The second-order valence-corrected chi connectivity index (χ2v) is 5.39. The molecule has 0 N–H and O–H groups in total. The number of aromatic nitrogens is 1. The Bertz CT molecular complexity index is 573. The van der Waals surface area contributed by atoms with Gasteiger partial charge < -0.3 is 4.42 Å². The fraction of sp³-hybridized carbons (Fsp3) is 0.308. The van der Waals surface area contributed by atoms with Crippen LogP contribution in [0, 0.1) is 0 Å². The third-order valence-corrected chi connectivity index (χ3v) is 2.74. The number of rotatable bonds is 1. The lowest BCUT2D eigenvalue weighted by Crippen LogP contribution is -2.10. The summed E-state index contributed by atoms with van der Waals surface area (Å²) in [4.78, 5) is 11.7. The lowest BCUT2D eigenvalue weighted by atomic mass is 9.94. The summed E-state index contributed by atoms with van der Waals surface area (Å²) >= 11 is 5.81. The zero-order valence-corrected chi connectivity index (χ0v) is 10.8. The van der Waals surface area contributed by atoms with E-state index in [1.807, 2.05) is 20.8 Å². The number of hydrogen-bond acceptors (Lipinski definition) is 2. The molecule has 2 aromatic rings. The molecule has 1 aromatic heterocycles. The molecule has 0 radical (unpaired) electrons. The molecule has 0 bridgehead atoms. The van der Waals surface area contributed by atoms with Crippen molar-refractivity contribution in [1.29, 1.82) is 0 Å². The maximum Gasteiger partial charge on any atom is 0.423 e. The number of oxazole rings is 1. The SMILES string of the molecule is CC(C)(C)c1cn(-c2ccc(Cl)cc2)c(=O)o1. The van der Waals surface area contributed by atoms with Gasteiger partial charge in [-0.15, -0.1) is 0 Å². The first kappa shape index (κ1) is 12.0. The summed E-state index contributed by atoms with van der Waals surface area (Å²) in [5, 5.41) is 0.640. The van der Waals surface area contributed by atoms with Gasteiger partial charge in [0.25, 0.3) is 0 Å². The van der Waals surface area contributed by atoms with E-state index < -0.39 is 0 Å². The van der Waals surface area contributed by atoms with Crippen molar-refractivity contribution in [2.75, 3.05) is 0 Å². The molecule has 17 heavy (non-hydrogen) atoms. The van der Waals surface area contributed by atoms with Gasteiger partial charge in [0.2, 0.25) is 0 Å². The van der Waals surface area contributed by atoms with E-state index in [9.17, 15) is 4.79 Å². The summed E-state index contributed by atoms with van der Waals surface area (Å²) in [7, 11) is 0. The highest BCUT2D eigenvalue weighted by molar-refractivity contribution is 6.30. The smallest absolute Gasteiger partial charge is 0.412 e. The predicted molar refractivity (Wildman–Crippen MR) is 68.0 cm³/mol. The van der Waals surface area contributed by atoms with Crippen LogP contribution in [0.5, 0.6) is 0 Å². The Kier molecular flexibility index (Phi) is 2.87. The van der Waals surface area contributed by atoms with E-state index in [4.69, 9.17) is 16.0 Å². The minimum absolute atomic E-state index is 0.184. The summed E-state index contributed by atoms with van der Waals surface area (Å²) in [5.41, 5.74) is 0.565. The summed E-state index contributed by atoms with van der Waals surface area (Å²) < 4.78 is 6.72. The fourth-order valence-corrected chi connectivity index (χ4v) is 1.59. The maximum absolute atomic E-state index is 11.7. The number of nitrogens with zero attached hydrogens (tertiary/aromatic N) is 1. The van der Waals surface area contributed by atoms with Gasteiger partial charge in [-0.3, -0.25) is 0 Å². The van der Waals surface area contributed by atoms with Crippen molar-refractivity contribution < 1.29 is 4.42 Å². The van der Waals surface area contributed by atoms with E-state index in [0.717, 1.165) is 5.69 Å². The molecule has 3 nitrogen and oxygen atoms in total. The maximum atomic E-state index is 11.7. The molecule has 0 aliphatic heterocycles. The minimum Gasteiger partial charge on any atom is -0.412 e. The van der Waals surface area contributed by atoms with Crippen molar-refractivity contribution in [2.24, 2.45) is 0 Å². The van der Waals surface area contributed by atoms with Crippen LogP contribution >= 0.6 is 11.6 Å². The van der Waals surface area contributed by atoms with Crippen LogP contribution in [0.4, 0.5) is 0 Å². The molecule has 0 unspecified atom stereocenters. The van der Waals surface area contributed by atoms with Crippen LogP contribution in [0.2, 0.25) is 5.02 Å². The Balaban J connectivity index is 2.50. The Labute approximate surface area is 105 Å². The Morgan fingerprint density at radius 3 is 2.24 bits per heavy atom. The molecule has 4 heteroatoms. The van der Waals surface area contributed by atoms with Crippen molar-refractivity contribution in [3.63, 3.8) is 0 Å². The zero-order valence-electron chi connectivity index (χ0n) is 10.0. The van der Waals surface area contributed by atoms with Crippen molar-refractivity contribution in [3.05, 3.63) is 51.8 Å². The first-order chi connectivity index (χ1) is 7.88. The largest absolute Gasteiger partial charge is 0.423 e. The average Bonchev–Trinajstić information content (AvgIpc) is 2.61. The highest BCUT2D eigenvalue weighted by Crippen LogP contribution is 2.22. The van der Waals surface area contributed by atoms with Crippen LogP contribution in [0.25, 0.3) is 5.69 Å². The van der Waals surface area contributed by atoms with E-state index >= 15 is 0 Å². The molecular formula is C13H14ClNO2. The van der Waals surface area contributed by atoms with Gasteiger partial charge in [0, 0.05) is 10.4 Å². The van der Waals surface area contributed by atoms with Gasteiger partial charge in [-0.1, -0.05) is 32.4 Å². The van der Waals surface area contributed by atoms with Crippen LogP contribution in [0.1, 0.15) is 26.5 Å². The van der Waals surface area contributed by atoms with E-state index in [1.165, 1.54) is 4.57 Å². The predicted octanol–water partition coefficient (Wildman–Crippen LogP) is 3.38. The molecular weight excluding hydrogens is 238 g/mol. The van der Waals surface area contributed by atoms with Crippen molar-refractivity contribution in [1.82, 2.24) is 4.57 Å². The fourth-order valence-electron chi connectivity index (χ4n) is 1.47. The van der Waals surface area contributed by atoms with Crippen molar-refractivity contribution in [2.45, 2.75) is 26.2 Å². The number of hydrogen-bond donors (Lipinski definition) is 0. The van der Waals surface area contributed by atoms with Gasteiger partial charge >= 0.3 is 5.76 Å².